The first-order valence-corrected chi connectivity index (χ1v) is 17.1. The predicted octanol–water partition coefficient (Wildman–Crippen LogP) is 6.82. The average Bonchev–Trinajstić information content (AvgIpc) is 3.03. The number of carbonyl (C=O) groups is 2. The van der Waals surface area contributed by atoms with Crippen LogP contribution in [0.5, 0.6) is 5.75 Å². The molecule has 3 aromatic carbocycles. The van der Waals surface area contributed by atoms with Crippen LogP contribution in [0.2, 0.25) is 0 Å². The minimum atomic E-state index is -5.67. The Morgan fingerprint density at radius 3 is 1.85 bits per heavy atom. The largest absolute Gasteiger partial charge is 0.465 e. The van der Waals surface area contributed by atoms with Crippen molar-refractivity contribution >= 4 is 22.1 Å². The number of benzene rings is 3. The summed E-state index contributed by atoms with van der Waals surface area (Å²) in [5.74, 6) is -12.8. The standard InChI is InChI=1S/C35H30F4O7S/c36-26-28(38)31(47(42,43)44)29(39)27(37)30(26)46-33(41)35-13-17-9-18(14-35)12-34(11-17,15-35)16-45-32(40)24-10-23-19-5-1-3-7-21(19)25(24)22-8-4-2-6-20(22)23/h1-8,17-18,23-25H,9-16H2,(H,42,43,44). The highest BCUT2D eigenvalue weighted by Gasteiger charge is 2.62. The Labute approximate surface area is 268 Å². The van der Waals surface area contributed by atoms with Gasteiger partial charge in [0.05, 0.1) is 17.9 Å². The number of carbonyl (C=O) groups excluding carboxylic acids is 2. The van der Waals surface area contributed by atoms with Gasteiger partial charge < -0.3 is 9.47 Å². The van der Waals surface area contributed by atoms with E-state index in [0.29, 0.717) is 32.1 Å². The van der Waals surface area contributed by atoms with Crippen molar-refractivity contribution in [2.75, 3.05) is 6.61 Å². The molecule has 6 bridgehead atoms. The third kappa shape index (κ3) is 4.57. The lowest BCUT2D eigenvalue weighted by Gasteiger charge is -2.60. The molecule has 4 saturated carbocycles. The van der Waals surface area contributed by atoms with Crippen LogP contribution in [0.4, 0.5) is 17.6 Å². The van der Waals surface area contributed by atoms with E-state index in [0.717, 1.165) is 17.5 Å². The van der Waals surface area contributed by atoms with Crippen LogP contribution in [0.25, 0.3) is 0 Å². The molecular weight excluding hydrogens is 640 g/mol. The molecule has 0 spiro atoms. The van der Waals surface area contributed by atoms with Gasteiger partial charge in [0.25, 0.3) is 0 Å². The molecule has 3 atom stereocenters. The van der Waals surface area contributed by atoms with Gasteiger partial charge in [-0.3, -0.25) is 14.1 Å². The van der Waals surface area contributed by atoms with Crippen LogP contribution in [-0.2, 0) is 24.4 Å². The van der Waals surface area contributed by atoms with Gasteiger partial charge in [0.1, 0.15) is 0 Å². The van der Waals surface area contributed by atoms with Crippen molar-refractivity contribution in [1.82, 2.24) is 0 Å². The third-order valence-corrected chi connectivity index (χ3v) is 12.3. The van der Waals surface area contributed by atoms with Crippen molar-refractivity contribution in [2.24, 2.45) is 28.6 Å². The number of fused-ring (bicyclic) bond motifs is 1. The molecule has 0 aromatic heterocycles. The molecule has 47 heavy (non-hydrogen) atoms. The summed E-state index contributed by atoms with van der Waals surface area (Å²) >= 11 is 0. The highest BCUT2D eigenvalue weighted by molar-refractivity contribution is 7.85. The van der Waals surface area contributed by atoms with Crippen LogP contribution in [0.1, 0.15) is 79.0 Å². The van der Waals surface area contributed by atoms with Gasteiger partial charge in [-0.2, -0.15) is 17.2 Å². The van der Waals surface area contributed by atoms with E-state index in [1.165, 1.54) is 11.1 Å². The highest BCUT2D eigenvalue weighted by atomic mass is 32.2. The van der Waals surface area contributed by atoms with E-state index in [4.69, 9.17) is 14.0 Å². The van der Waals surface area contributed by atoms with E-state index in [2.05, 4.69) is 24.3 Å². The van der Waals surface area contributed by atoms with E-state index in [1.54, 1.807) is 0 Å². The smallest absolute Gasteiger partial charge is 0.317 e. The van der Waals surface area contributed by atoms with Gasteiger partial charge in [0, 0.05) is 17.3 Å². The van der Waals surface area contributed by atoms with Gasteiger partial charge >= 0.3 is 22.1 Å². The fraction of sp³-hybridized carbons (Fsp3) is 0.429. The normalized spacial score (nSPS) is 31.3. The summed E-state index contributed by atoms with van der Waals surface area (Å²) < 4.78 is 101. The zero-order chi connectivity index (χ0) is 33.0. The summed E-state index contributed by atoms with van der Waals surface area (Å²) in [6, 6.07) is 16.3. The summed E-state index contributed by atoms with van der Waals surface area (Å²) in [6.07, 6.45) is 3.65. The van der Waals surface area contributed by atoms with Crippen molar-refractivity contribution in [3.8, 4) is 5.75 Å². The Kier molecular flexibility index (Phi) is 6.74. The van der Waals surface area contributed by atoms with E-state index in [-0.39, 0.29) is 48.6 Å². The molecule has 7 aliphatic carbocycles. The number of halogens is 4. The van der Waals surface area contributed by atoms with Gasteiger partial charge in [0.2, 0.25) is 17.4 Å². The summed E-state index contributed by atoms with van der Waals surface area (Å²) in [5.41, 5.74) is 2.86. The molecule has 0 amide bonds. The van der Waals surface area contributed by atoms with Gasteiger partial charge in [-0.1, -0.05) is 48.5 Å². The Balaban J connectivity index is 1.04. The van der Waals surface area contributed by atoms with Crippen LogP contribution in [0, 0.1) is 51.9 Å². The van der Waals surface area contributed by atoms with Gasteiger partial charge in [-0.05, 0) is 79.0 Å². The zero-order valence-electron chi connectivity index (χ0n) is 25.0. The van der Waals surface area contributed by atoms with E-state index in [9.17, 15) is 35.6 Å². The number of esters is 2. The number of hydrogen-bond donors (Lipinski definition) is 1. The second kappa shape index (κ2) is 10.4. The fourth-order valence-electron chi connectivity index (χ4n) is 10.2. The topological polar surface area (TPSA) is 107 Å². The predicted molar refractivity (Wildman–Crippen MR) is 157 cm³/mol. The molecule has 10 rings (SSSR count). The van der Waals surface area contributed by atoms with Crippen LogP contribution in [0.3, 0.4) is 0 Å². The van der Waals surface area contributed by atoms with E-state index >= 15 is 0 Å². The molecule has 7 aliphatic rings. The molecule has 12 heteroatoms. The molecule has 246 valence electrons. The summed E-state index contributed by atoms with van der Waals surface area (Å²) in [4.78, 5) is 25.3. The van der Waals surface area contributed by atoms with Crippen molar-refractivity contribution in [3.05, 3.63) is 94.1 Å². The van der Waals surface area contributed by atoms with E-state index < -0.39 is 60.8 Å². The zero-order valence-corrected chi connectivity index (χ0v) is 25.8. The molecule has 7 nitrogen and oxygen atoms in total. The van der Waals surface area contributed by atoms with Gasteiger partial charge in [-0.25, -0.2) is 8.78 Å². The first-order valence-electron chi connectivity index (χ1n) is 15.7. The first-order chi connectivity index (χ1) is 22.3. The van der Waals surface area contributed by atoms with Crippen LogP contribution in [0.15, 0.2) is 53.4 Å². The number of hydrogen-bond acceptors (Lipinski definition) is 6. The third-order valence-electron chi connectivity index (χ3n) is 11.4. The lowest BCUT2D eigenvalue weighted by atomic mass is 9.44. The molecule has 0 heterocycles. The summed E-state index contributed by atoms with van der Waals surface area (Å²) in [6.45, 7) is 0.0556. The lowest BCUT2D eigenvalue weighted by Crippen LogP contribution is -2.57. The highest BCUT2D eigenvalue weighted by Crippen LogP contribution is 2.66. The number of ether oxygens (including phenoxy) is 2. The summed E-state index contributed by atoms with van der Waals surface area (Å²) in [5, 5.41) is 0. The second-order valence-electron chi connectivity index (χ2n) is 14.3. The SMILES string of the molecule is O=C(OCC12CC3CC(C1)CC(C(=O)Oc1c(F)c(F)c(S(=O)(=O)O)c(F)c1F)(C3)C2)C1CC2c3ccccc3C1c1ccccc12. The second-order valence-corrected chi connectivity index (χ2v) is 15.6. The van der Waals surface area contributed by atoms with Crippen LogP contribution >= 0.6 is 0 Å². The Morgan fingerprint density at radius 1 is 0.787 bits per heavy atom. The van der Waals surface area contributed by atoms with Crippen molar-refractivity contribution in [2.45, 2.75) is 61.7 Å². The minimum absolute atomic E-state index is 0.0389. The van der Waals surface area contributed by atoms with E-state index in [1.807, 2.05) is 24.3 Å². The molecule has 0 radical (unpaired) electrons. The monoisotopic (exact) mass is 670 g/mol. The number of rotatable bonds is 6. The maximum atomic E-state index is 14.8. The Bertz CT molecular complexity index is 1890. The molecule has 3 aromatic rings. The van der Waals surface area contributed by atoms with Crippen LogP contribution in [-0.4, -0.2) is 31.5 Å². The lowest BCUT2D eigenvalue weighted by molar-refractivity contribution is -0.183. The fourth-order valence-corrected chi connectivity index (χ4v) is 10.8. The van der Waals surface area contributed by atoms with Crippen LogP contribution < -0.4 is 4.74 Å². The Hall–Kier alpha value is -3.77. The van der Waals surface area contributed by atoms with Crippen molar-refractivity contribution in [3.63, 3.8) is 0 Å². The molecule has 4 fully saturated rings. The summed E-state index contributed by atoms with van der Waals surface area (Å²) in [7, 11) is -5.67. The molecule has 0 aliphatic heterocycles. The first kappa shape index (κ1) is 30.6. The van der Waals surface area contributed by atoms with Crippen molar-refractivity contribution < 1.29 is 49.6 Å². The quantitative estimate of drug-likeness (QED) is 0.101. The molecule has 0 saturated heterocycles. The van der Waals surface area contributed by atoms with Gasteiger partial charge in [-0.15, -0.1) is 0 Å². The molecule has 1 N–H and O–H groups in total. The minimum Gasteiger partial charge on any atom is -0.465 e. The Morgan fingerprint density at radius 2 is 1.32 bits per heavy atom. The average molecular weight is 671 g/mol. The maximum Gasteiger partial charge on any atom is 0.317 e. The van der Waals surface area contributed by atoms with Gasteiger partial charge in [0.15, 0.2) is 16.5 Å². The molecular formula is C35H30F4O7S. The molecule has 3 unspecified atom stereocenters. The maximum absolute atomic E-state index is 14.8. The van der Waals surface area contributed by atoms with Crippen molar-refractivity contribution in [1.29, 1.82) is 0 Å².